The van der Waals surface area contributed by atoms with Crippen molar-refractivity contribution in [1.82, 2.24) is 5.32 Å². The second-order valence-electron chi connectivity index (χ2n) is 5.80. The van der Waals surface area contributed by atoms with Crippen LogP contribution < -0.4 is 10.1 Å². The maximum Gasteiger partial charge on any atom is 0.119 e. The van der Waals surface area contributed by atoms with Gasteiger partial charge in [0.1, 0.15) is 5.75 Å². The summed E-state index contributed by atoms with van der Waals surface area (Å²) in [6, 6.07) is 23.1. The third kappa shape index (κ3) is 3.76. The number of hydrogen-bond donors (Lipinski definition) is 1. The van der Waals surface area contributed by atoms with Gasteiger partial charge >= 0.3 is 0 Å². The van der Waals surface area contributed by atoms with Gasteiger partial charge in [-0.15, -0.1) is 12.3 Å². The Labute approximate surface area is 143 Å². The first-order chi connectivity index (χ1) is 11.8. The SMILES string of the molecule is C#CC[C@H](NCc1ccc2cc(OC)ccc2c1)c1ccccc1. The van der Waals surface area contributed by atoms with Gasteiger partial charge in [-0.05, 0) is 40.1 Å². The Morgan fingerprint density at radius 2 is 1.75 bits per heavy atom. The minimum atomic E-state index is 0.169. The number of hydrogen-bond acceptors (Lipinski definition) is 2. The monoisotopic (exact) mass is 315 g/mol. The van der Waals surface area contributed by atoms with Gasteiger partial charge in [-0.1, -0.05) is 48.5 Å². The van der Waals surface area contributed by atoms with Crippen molar-refractivity contribution in [3.05, 3.63) is 77.9 Å². The largest absolute Gasteiger partial charge is 0.497 e. The molecule has 0 aromatic heterocycles. The Hall–Kier alpha value is -2.76. The van der Waals surface area contributed by atoms with Crippen LogP contribution in [0.5, 0.6) is 5.75 Å². The molecule has 0 aliphatic heterocycles. The highest BCUT2D eigenvalue weighted by molar-refractivity contribution is 5.84. The zero-order valence-corrected chi connectivity index (χ0v) is 13.8. The van der Waals surface area contributed by atoms with Gasteiger partial charge in [0.05, 0.1) is 7.11 Å². The molecular formula is C22H21NO. The molecule has 3 rings (SSSR count). The first-order valence-corrected chi connectivity index (χ1v) is 8.08. The molecule has 0 fully saturated rings. The van der Waals surface area contributed by atoms with Crippen molar-refractivity contribution in [3.63, 3.8) is 0 Å². The van der Waals surface area contributed by atoms with E-state index in [4.69, 9.17) is 11.2 Å². The summed E-state index contributed by atoms with van der Waals surface area (Å²) >= 11 is 0. The summed E-state index contributed by atoms with van der Waals surface area (Å²) in [5, 5.41) is 5.97. The lowest BCUT2D eigenvalue weighted by atomic mass is 10.0. The van der Waals surface area contributed by atoms with Gasteiger partial charge in [-0.25, -0.2) is 0 Å². The summed E-state index contributed by atoms with van der Waals surface area (Å²) in [6.45, 7) is 0.781. The van der Waals surface area contributed by atoms with Crippen LogP contribution in [0.2, 0.25) is 0 Å². The van der Waals surface area contributed by atoms with Gasteiger partial charge in [-0.3, -0.25) is 0 Å². The lowest BCUT2D eigenvalue weighted by Crippen LogP contribution is -2.20. The molecule has 1 atom stereocenters. The first-order valence-electron chi connectivity index (χ1n) is 8.08. The van der Waals surface area contributed by atoms with Crippen LogP contribution in [0, 0.1) is 12.3 Å². The number of benzene rings is 3. The van der Waals surface area contributed by atoms with E-state index >= 15 is 0 Å². The molecule has 0 amide bonds. The number of methoxy groups -OCH3 is 1. The average Bonchev–Trinajstić information content (AvgIpc) is 2.65. The molecule has 0 saturated carbocycles. The van der Waals surface area contributed by atoms with E-state index in [0.29, 0.717) is 6.42 Å². The van der Waals surface area contributed by atoms with Crippen molar-refractivity contribution < 1.29 is 4.74 Å². The predicted octanol–water partition coefficient (Wildman–Crippen LogP) is 4.70. The van der Waals surface area contributed by atoms with E-state index in [9.17, 15) is 0 Å². The van der Waals surface area contributed by atoms with Gasteiger partial charge in [0.25, 0.3) is 0 Å². The highest BCUT2D eigenvalue weighted by Crippen LogP contribution is 2.22. The Bertz CT molecular complexity index is 849. The van der Waals surface area contributed by atoms with Crippen LogP contribution in [0.1, 0.15) is 23.6 Å². The minimum Gasteiger partial charge on any atom is -0.497 e. The van der Waals surface area contributed by atoms with Crippen LogP contribution in [0.15, 0.2) is 66.7 Å². The smallest absolute Gasteiger partial charge is 0.119 e. The number of nitrogens with one attached hydrogen (secondary N) is 1. The van der Waals surface area contributed by atoms with E-state index in [1.165, 1.54) is 21.9 Å². The van der Waals surface area contributed by atoms with Crippen molar-refractivity contribution in [1.29, 1.82) is 0 Å². The topological polar surface area (TPSA) is 21.3 Å². The third-order valence-corrected chi connectivity index (χ3v) is 4.19. The van der Waals surface area contributed by atoms with Crippen LogP contribution in [-0.4, -0.2) is 7.11 Å². The molecule has 0 aliphatic rings. The van der Waals surface area contributed by atoms with Gasteiger partial charge < -0.3 is 10.1 Å². The van der Waals surface area contributed by atoms with Crippen molar-refractivity contribution in [3.8, 4) is 18.1 Å². The van der Waals surface area contributed by atoms with Crippen molar-refractivity contribution in [2.45, 2.75) is 19.0 Å². The van der Waals surface area contributed by atoms with E-state index < -0.39 is 0 Å². The highest BCUT2D eigenvalue weighted by atomic mass is 16.5. The molecule has 3 aromatic rings. The molecule has 0 spiro atoms. The molecule has 1 N–H and O–H groups in total. The van der Waals surface area contributed by atoms with Crippen molar-refractivity contribution in [2.75, 3.05) is 7.11 Å². The van der Waals surface area contributed by atoms with E-state index in [-0.39, 0.29) is 6.04 Å². The average molecular weight is 315 g/mol. The predicted molar refractivity (Wildman–Crippen MR) is 100.0 cm³/mol. The standard InChI is InChI=1S/C22H21NO/c1-3-7-22(18-8-5-4-6-9-18)23-16-17-10-11-20-15-21(24-2)13-12-19(20)14-17/h1,4-6,8-15,22-23H,7,16H2,2H3/t22-/m0/s1. The molecule has 0 aliphatic carbocycles. The van der Waals surface area contributed by atoms with Gasteiger partial charge in [0, 0.05) is 19.0 Å². The van der Waals surface area contributed by atoms with E-state index in [1.54, 1.807) is 7.11 Å². The fourth-order valence-electron chi connectivity index (χ4n) is 2.86. The molecule has 0 unspecified atom stereocenters. The Morgan fingerprint density at radius 3 is 2.50 bits per heavy atom. The molecular weight excluding hydrogens is 294 g/mol. The summed E-state index contributed by atoms with van der Waals surface area (Å²) in [6.07, 6.45) is 6.21. The van der Waals surface area contributed by atoms with Crippen LogP contribution in [0.4, 0.5) is 0 Å². The molecule has 24 heavy (non-hydrogen) atoms. The summed E-state index contributed by atoms with van der Waals surface area (Å²) in [5.74, 6) is 3.65. The van der Waals surface area contributed by atoms with E-state index in [0.717, 1.165) is 12.3 Å². The van der Waals surface area contributed by atoms with Crippen LogP contribution in [0.3, 0.4) is 0 Å². The van der Waals surface area contributed by atoms with Crippen LogP contribution in [-0.2, 0) is 6.54 Å². The molecule has 0 heterocycles. The van der Waals surface area contributed by atoms with Crippen LogP contribution in [0.25, 0.3) is 10.8 Å². The molecule has 120 valence electrons. The molecule has 0 saturated heterocycles. The maximum absolute atomic E-state index is 5.54. The normalized spacial score (nSPS) is 11.8. The fraction of sp³-hybridized carbons (Fsp3) is 0.182. The first kappa shape index (κ1) is 16.1. The van der Waals surface area contributed by atoms with Gasteiger partial charge in [0.2, 0.25) is 0 Å². The van der Waals surface area contributed by atoms with Crippen LogP contribution >= 0.6 is 0 Å². The zero-order chi connectivity index (χ0) is 16.8. The maximum atomic E-state index is 5.54. The number of terminal acetylenes is 1. The van der Waals surface area contributed by atoms with E-state index in [2.05, 4.69) is 53.7 Å². The lowest BCUT2D eigenvalue weighted by Gasteiger charge is -2.17. The summed E-state index contributed by atoms with van der Waals surface area (Å²) < 4.78 is 5.28. The van der Waals surface area contributed by atoms with Gasteiger partial charge in [-0.2, -0.15) is 0 Å². The molecule has 0 radical (unpaired) electrons. The molecule has 0 bridgehead atoms. The highest BCUT2D eigenvalue weighted by Gasteiger charge is 2.09. The third-order valence-electron chi connectivity index (χ3n) is 4.19. The summed E-state index contributed by atoms with van der Waals surface area (Å²) in [5.41, 5.74) is 2.46. The second kappa shape index (κ2) is 7.68. The Balaban J connectivity index is 1.75. The fourth-order valence-corrected chi connectivity index (χ4v) is 2.86. The molecule has 2 heteroatoms. The van der Waals surface area contributed by atoms with E-state index in [1.807, 2.05) is 24.3 Å². The molecule has 3 aromatic carbocycles. The quantitative estimate of drug-likeness (QED) is 0.666. The van der Waals surface area contributed by atoms with Crippen molar-refractivity contribution in [2.24, 2.45) is 0 Å². The molecule has 2 nitrogen and oxygen atoms in total. The van der Waals surface area contributed by atoms with Crippen molar-refractivity contribution >= 4 is 10.8 Å². The minimum absolute atomic E-state index is 0.169. The number of fused-ring (bicyclic) bond motifs is 1. The Kier molecular flexibility index (Phi) is 5.15. The lowest BCUT2D eigenvalue weighted by molar-refractivity contribution is 0.415. The zero-order valence-electron chi connectivity index (χ0n) is 13.8. The summed E-state index contributed by atoms with van der Waals surface area (Å²) in [7, 11) is 1.69. The Morgan fingerprint density at radius 1 is 1.00 bits per heavy atom. The number of ether oxygens (including phenoxy) is 1. The second-order valence-corrected chi connectivity index (χ2v) is 5.80. The summed E-state index contributed by atoms with van der Waals surface area (Å²) in [4.78, 5) is 0. The number of rotatable bonds is 6. The van der Waals surface area contributed by atoms with Gasteiger partial charge in [0.15, 0.2) is 0 Å².